The van der Waals surface area contributed by atoms with Gasteiger partial charge in [-0.1, -0.05) is 37.9 Å². The highest BCUT2D eigenvalue weighted by Gasteiger charge is 2.41. The number of piperazine rings is 3. The van der Waals surface area contributed by atoms with E-state index in [-0.39, 0.29) is 54.2 Å². The third-order valence-corrected chi connectivity index (χ3v) is 28.3. The Morgan fingerprint density at radius 1 is 0.378 bits per heavy atom. The summed E-state index contributed by atoms with van der Waals surface area (Å²) in [7, 11) is 11.5. The maximum atomic E-state index is 12.5. The lowest BCUT2D eigenvalue weighted by Gasteiger charge is -2.40. The molecule has 12 heterocycles. The van der Waals surface area contributed by atoms with Crippen LogP contribution in [0.4, 0.5) is 17.5 Å². The van der Waals surface area contributed by atoms with Crippen molar-refractivity contribution in [1.82, 2.24) is 89.9 Å². The highest BCUT2D eigenvalue weighted by atomic mass is 16.5. The van der Waals surface area contributed by atoms with Crippen molar-refractivity contribution in [2.24, 2.45) is 0 Å². The molecule has 6 aromatic heterocycles. The normalized spacial score (nSPS) is 20.6. The van der Waals surface area contributed by atoms with E-state index < -0.39 is 0 Å². The molecule has 0 unspecified atom stereocenters. The van der Waals surface area contributed by atoms with Gasteiger partial charge in [0.15, 0.2) is 17.2 Å². The zero-order valence-electron chi connectivity index (χ0n) is 79.5. The summed E-state index contributed by atoms with van der Waals surface area (Å²) in [6.45, 7) is 33.5. The molecule has 6 aromatic carbocycles. The lowest BCUT2D eigenvalue weighted by Crippen LogP contribution is -2.53. The largest absolute Gasteiger partial charge is 0.496 e. The Balaban J connectivity index is 0.000000130. The number of aromatic amines is 3. The first kappa shape index (κ1) is 91.0. The highest BCUT2D eigenvalue weighted by molar-refractivity contribution is 6.10. The number of aryl methyl sites for hydroxylation is 3. The van der Waals surface area contributed by atoms with E-state index in [9.17, 15) is 14.4 Å². The number of carbonyl (C=O) groups is 3. The van der Waals surface area contributed by atoms with Crippen molar-refractivity contribution in [2.75, 3.05) is 156 Å². The molecule has 3 saturated carbocycles. The topological polar surface area (TPSA) is 327 Å². The minimum absolute atomic E-state index is 0.00467. The summed E-state index contributed by atoms with van der Waals surface area (Å²) in [5.74, 6) is 6.09. The number of nitrogens with zero attached hydrogens (tertiary/aromatic N) is 18. The molecule has 33 nitrogen and oxygen atoms in total. The molecule has 12 aromatic rings. The number of nitrogens with one attached hydrogen (secondary N) is 3. The van der Waals surface area contributed by atoms with E-state index >= 15 is 0 Å². The van der Waals surface area contributed by atoms with Gasteiger partial charge in [0, 0.05) is 128 Å². The number of ether oxygens (including phenoxy) is 9. The SMILES string of the molecule is C=CC(=O)N1CCN(c2nc(OC[C@@H]3CCCN3C)nc3c(OC4CC4)c(-c4c(C)ccc5[nH]ncc45)c(OC)cc23)[C@@H](C)C1.C=CC(=O)N1CCN(c2nc(OC[C@@H]3CCCN3C)nc3c(OC4CC4)c(-c4c(C)ccc5[nH]ncc45)c(OC)cc23)[C@@H](C)C1.C=CC(=O)N1CCN(c2nc(OC[C@@H]3CCCN3C)nc3c(OC4CC4)c(-c4c(C)ccc5[nH]ncc45)c(OC)cc23)[C@@H](C)C1. The number of carbonyl (C=O) groups excluding carboxylic acids is 3. The summed E-state index contributed by atoms with van der Waals surface area (Å²) in [6, 6.07) is 20.4. The third-order valence-electron chi connectivity index (χ3n) is 28.3. The van der Waals surface area contributed by atoms with Crippen LogP contribution in [0, 0.1) is 20.8 Å². The van der Waals surface area contributed by atoms with Crippen LogP contribution in [0.1, 0.15) is 115 Å². The molecule has 6 saturated heterocycles. The summed E-state index contributed by atoms with van der Waals surface area (Å²) in [6.07, 6.45) is 22.6. The Morgan fingerprint density at radius 2 is 0.659 bits per heavy atom. The zero-order valence-corrected chi connectivity index (χ0v) is 79.5. The Labute approximate surface area is 785 Å². The smallest absolute Gasteiger partial charge is 0.319 e. The number of benzene rings is 6. The van der Waals surface area contributed by atoms with Crippen LogP contribution in [0.5, 0.6) is 52.5 Å². The predicted molar refractivity (Wildman–Crippen MR) is 523 cm³/mol. The standard InChI is InChI=1S/3C34H41N7O4/c3*1-6-28(42)40-14-15-41(21(3)18-40)33-24-16-27(43-5)30(29-20(2)9-12-26-25(29)17-35-38-26)32(45-23-10-11-23)31(24)36-34(37-33)44-19-22-8-7-13-39(22)4/h3*6,9,12,16-17,21-23H,1,7-8,10-11,13-15,18-19H2,2-5H3,(H,35,38)/t3*21-,22-/m000/s1. The van der Waals surface area contributed by atoms with Crippen LogP contribution in [0.2, 0.25) is 0 Å². The van der Waals surface area contributed by atoms with Crippen LogP contribution < -0.4 is 57.3 Å². The first-order valence-electron chi connectivity index (χ1n) is 47.7. The van der Waals surface area contributed by atoms with Crippen molar-refractivity contribution in [3.05, 3.63) is 128 Å². The van der Waals surface area contributed by atoms with Gasteiger partial charge >= 0.3 is 18.0 Å². The lowest BCUT2D eigenvalue weighted by molar-refractivity contribution is -0.127. The molecular weight excluding hydrogens is 1710 g/mol. The van der Waals surface area contributed by atoms with Crippen LogP contribution >= 0.6 is 0 Å². The number of hydrogen-bond donors (Lipinski definition) is 3. The Kier molecular flexibility index (Phi) is 26.1. The van der Waals surface area contributed by atoms with Crippen molar-refractivity contribution >= 4 is 101 Å². The minimum atomic E-state index is -0.0611. The highest BCUT2D eigenvalue weighted by Crippen LogP contribution is 2.55. The second-order valence-electron chi connectivity index (χ2n) is 37.6. The van der Waals surface area contributed by atoms with E-state index in [1.165, 1.54) is 18.2 Å². The molecule has 3 N–H and O–H groups in total. The number of rotatable bonds is 27. The molecule has 708 valence electrons. The van der Waals surface area contributed by atoms with Gasteiger partial charge in [0.1, 0.15) is 71.1 Å². The fourth-order valence-electron chi connectivity index (χ4n) is 20.2. The Bertz CT molecular complexity index is 5910. The van der Waals surface area contributed by atoms with Gasteiger partial charge < -0.3 is 86.7 Å². The Morgan fingerprint density at radius 3 is 0.896 bits per heavy atom. The van der Waals surface area contributed by atoms with Crippen LogP contribution in [0.3, 0.4) is 0 Å². The summed E-state index contributed by atoms with van der Waals surface area (Å²) in [5.41, 5.74) is 13.6. The molecule has 135 heavy (non-hydrogen) atoms. The number of H-pyrrole nitrogens is 3. The number of amides is 3. The first-order valence-corrected chi connectivity index (χ1v) is 47.7. The van der Waals surface area contributed by atoms with Crippen molar-refractivity contribution in [2.45, 2.75) is 173 Å². The zero-order chi connectivity index (χ0) is 93.7. The van der Waals surface area contributed by atoms with Gasteiger partial charge in [-0.2, -0.15) is 45.2 Å². The number of anilines is 3. The lowest BCUT2D eigenvalue weighted by atomic mass is 9.94. The van der Waals surface area contributed by atoms with Crippen molar-refractivity contribution < 1.29 is 57.0 Å². The summed E-state index contributed by atoms with van der Waals surface area (Å²) < 4.78 is 58.0. The molecule has 9 fully saturated rings. The maximum Gasteiger partial charge on any atom is 0.319 e. The van der Waals surface area contributed by atoms with Gasteiger partial charge in [-0.15, -0.1) is 0 Å². The molecule has 3 amide bonds. The predicted octanol–water partition coefficient (Wildman–Crippen LogP) is 14.2. The second kappa shape index (κ2) is 38.7. The van der Waals surface area contributed by atoms with Crippen LogP contribution in [-0.4, -0.2) is 303 Å². The monoisotopic (exact) mass is 1830 g/mol. The van der Waals surface area contributed by atoms with Crippen LogP contribution in [0.15, 0.2) is 111 Å². The molecular formula is C102H123N21O12. The van der Waals surface area contributed by atoms with E-state index in [1.54, 1.807) is 21.3 Å². The number of methoxy groups -OCH3 is 3. The minimum Gasteiger partial charge on any atom is -0.496 e. The third kappa shape index (κ3) is 18.4. The molecule has 0 bridgehead atoms. The average molecular weight is 1840 g/mol. The quantitative estimate of drug-likeness (QED) is 0.0403. The van der Waals surface area contributed by atoms with Gasteiger partial charge in [0.05, 0.1) is 108 Å². The molecule has 3 aliphatic carbocycles. The van der Waals surface area contributed by atoms with Crippen molar-refractivity contribution in [3.8, 4) is 85.9 Å². The number of fused-ring (bicyclic) bond motifs is 6. The van der Waals surface area contributed by atoms with Gasteiger partial charge in [0.25, 0.3) is 0 Å². The molecule has 0 radical (unpaired) electrons. The van der Waals surface area contributed by atoms with E-state index in [0.29, 0.717) is 166 Å². The number of aromatic nitrogens is 12. The van der Waals surface area contributed by atoms with Crippen molar-refractivity contribution in [3.63, 3.8) is 0 Å². The number of hydrogen-bond acceptors (Lipinski definition) is 27. The number of likely N-dealkylation sites (tertiary alicyclic amines) is 3. The van der Waals surface area contributed by atoms with E-state index in [4.69, 9.17) is 72.5 Å². The molecule has 21 rings (SSSR count). The molecule has 9 aliphatic rings. The molecule has 6 atom stereocenters. The molecule has 0 spiro atoms. The van der Waals surface area contributed by atoms with Crippen LogP contribution in [0.25, 0.3) is 98.8 Å². The van der Waals surface area contributed by atoms with E-state index in [1.807, 2.05) is 69.7 Å². The van der Waals surface area contributed by atoms with Crippen molar-refractivity contribution in [1.29, 1.82) is 0 Å². The summed E-state index contributed by atoms with van der Waals surface area (Å²) >= 11 is 0. The van der Waals surface area contributed by atoms with Gasteiger partial charge in [-0.25, -0.2) is 0 Å². The van der Waals surface area contributed by atoms with E-state index in [2.05, 4.69) is 161 Å². The van der Waals surface area contributed by atoms with Gasteiger partial charge in [0.2, 0.25) is 17.7 Å². The Hall–Kier alpha value is -13.1. The van der Waals surface area contributed by atoms with Gasteiger partial charge in [-0.05, 0) is 231 Å². The maximum absolute atomic E-state index is 12.5. The van der Waals surface area contributed by atoms with E-state index in [0.717, 1.165) is 213 Å². The number of likely N-dealkylation sites (N-methyl/N-ethyl adjacent to an activating group) is 3. The molecule has 33 heteroatoms. The molecule has 6 aliphatic heterocycles. The van der Waals surface area contributed by atoms with Gasteiger partial charge in [-0.3, -0.25) is 29.7 Å². The average Bonchev–Trinajstić information content (AvgIpc) is 1.07. The second-order valence-corrected chi connectivity index (χ2v) is 37.6. The summed E-state index contributed by atoms with van der Waals surface area (Å²) in [4.78, 5) is 87.0. The fraction of sp³-hybridized carbons (Fsp3) is 0.471. The van der Waals surface area contributed by atoms with Crippen LogP contribution in [-0.2, 0) is 14.4 Å². The fourth-order valence-corrected chi connectivity index (χ4v) is 20.2. The first-order chi connectivity index (χ1) is 65.6. The summed E-state index contributed by atoms with van der Waals surface area (Å²) in [5, 5.41) is 27.8.